The van der Waals surface area contributed by atoms with E-state index in [0.717, 1.165) is 26.1 Å². The Kier molecular flexibility index (Phi) is 4.50. The van der Waals surface area contributed by atoms with E-state index in [0.29, 0.717) is 18.5 Å². The van der Waals surface area contributed by atoms with Crippen molar-refractivity contribution in [3.05, 3.63) is 0 Å². The topological polar surface area (TPSA) is 56.8 Å². The predicted octanol–water partition coefficient (Wildman–Crippen LogP) is 0.331. The largest absolute Gasteiger partial charge is 0.378 e. The van der Waals surface area contributed by atoms with Gasteiger partial charge >= 0.3 is 0 Å². The van der Waals surface area contributed by atoms with E-state index in [-0.39, 0.29) is 11.7 Å². The molecule has 0 aromatic carbocycles. The van der Waals surface area contributed by atoms with Crippen LogP contribution in [0.25, 0.3) is 0 Å². The highest BCUT2D eigenvalue weighted by Gasteiger charge is 2.35. The Bertz CT molecular complexity index is 255. The van der Waals surface area contributed by atoms with Crippen molar-refractivity contribution < 1.29 is 19.0 Å². The van der Waals surface area contributed by atoms with Crippen LogP contribution in [0.4, 0.5) is 0 Å². The quantitative estimate of drug-likeness (QED) is 0.705. The second-order valence-corrected chi connectivity index (χ2v) is 4.84. The van der Waals surface area contributed by atoms with Crippen LogP contribution in [0.15, 0.2) is 0 Å². The Labute approximate surface area is 102 Å². The van der Waals surface area contributed by atoms with Gasteiger partial charge in [0.05, 0.1) is 19.6 Å². The molecule has 2 atom stereocenters. The highest BCUT2D eigenvalue weighted by Crippen LogP contribution is 2.26. The minimum atomic E-state index is -0.409. The second kappa shape index (κ2) is 5.91. The molecule has 2 unspecified atom stereocenters. The molecule has 1 N–H and O–H groups in total. The molecule has 2 rings (SSSR count). The summed E-state index contributed by atoms with van der Waals surface area (Å²) in [5, 5.41) is 3.48. The van der Waals surface area contributed by atoms with Crippen molar-refractivity contribution in [2.24, 2.45) is 5.92 Å². The van der Waals surface area contributed by atoms with Crippen molar-refractivity contribution in [3.63, 3.8) is 0 Å². The molecule has 17 heavy (non-hydrogen) atoms. The minimum absolute atomic E-state index is 0.128. The van der Waals surface area contributed by atoms with Gasteiger partial charge in [0.15, 0.2) is 6.29 Å². The zero-order valence-electron chi connectivity index (χ0n) is 10.5. The number of piperidine rings is 1. The number of ketones is 1. The first kappa shape index (κ1) is 13.0. The van der Waals surface area contributed by atoms with Gasteiger partial charge in [-0.2, -0.15) is 0 Å². The molecular weight excluding hydrogens is 222 g/mol. The molecule has 0 aromatic heterocycles. The Morgan fingerprint density at radius 2 is 1.88 bits per heavy atom. The second-order valence-electron chi connectivity index (χ2n) is 4.84. The fourth-order valence-corrected chi connectivity index (χ4v) is 2.69. The molecule has 2 heterocycles. The molecule has 2 aliphatic rings. The van der Waals surface area contributed by atoms with Crippen molar-refractivity contribution in [3.8, 4) is 0 Å². The van der Waals surface area contributed by atoms with Gasteiger partial charge in [-0.05, 0) is 12.8 Å². The van der Waals surface area contributed by atoms with Gasteiger partial charge in [-0.15, -0.1) is 0 Å². The lowest BCUT2D eigenvalue weighted by molar-refractivity contribution is -0.143. The Morgan fingerprint density at radius 1 is 1.29 bits per heavy atom. The van der Waals surface area contributed by atoms with Crippen molar-refractivity contribution >= 4 is 5.78 Å². The third kappa shape index (κ3) is 3.25. The van der Waals surface area contributed by atoms with Gasteiger partial charge < -0.3 is 19.5 Å². The highest BCUT2D eigenvalue weighted by atomic mass is 16.7. The lowest BCUT2D eigenvalue weighted by atomic mass is 9.83. The maximum atomic E-state index is 12.1. The third-order valence-corrected chi connectivity index (χ3v) is 3.60. The zero-order valence-corrected chi connectivity index (χ0v) is 10.5. The first-order valence-corrected chi connectivity index (χ1v) is 6.15. The summed E-state index contributed by atoms with van der Waals surface area (Å²) in [6.45, 7) is 1.44. The summed E-state index contributed by atoms with van der Waals surface area (Å²) < 4.78 is 15.6. The highest BCUT2D eigenvalue weighted by molar-refractivity contribution is 5.81. The van der Waals surface area contributed by atoms with Gasteiger partial charge in [0.25, 0.3) is 0 Å². The van der Waals surface area contributed by atoms with E-state index in [4.69, 9.17) is 14.2 Å². The molecule has 2 saturated heterocycles. The molecule has 0 amide bonds. The number of ether oxygens (including phenoxy) is 3. The summed E-state index contributed by atoms with van der Waals surface area (Å²) in [4.78, 5) is 12.1. The lowest BCUT2D eigenvalue weighted by Crippen LogP contribution is -2.55. The van der Waals surface area contributed by atoms with Crippen molar-refractivity contribution in [1.29, 1.82) is 0 Å². The fraction of sp³-hybridized carbons (Fsp3) is 0.917. The smallest absolute Gasteiger partial charge is 0.163 e. The Balaban J connectivity index is 1.87. The predicted molar refractivity (Wildman–Crippen MR) is 61.7 cm³/mol. The molecule has 5 heteroatoms. The van der Waals surface area contributed by atoms with E-state index in [1.807, 2.05) is 0 Å². The summed E-state index contributed by atoms with van der Waals surface area (Å²) in [7, 11) is 3.12. The van der Waals surface area contributed by atoms with Crippen LogP contribution in [0.3, 0.4) is 0 Å². The summed E-state index contributed by atoms with van der Waals surface area (Å²) in [5.74, 6) is 0.375. The summed E-state index contributed by atoms with van der Waals surface area (Å²) >= 11 is 0. The zero-order chi connectivity index (χ0) is 12.3. The first-order chi connectivity index (χ1) is 8.22. The van der Waals surface area contributed by atoms with E-state index in [2.05, 4.69) is 5.32 Å². The van der Waals surface area contributed by atoms with E-state index >= 15 is 0 Å². The SMILES string of the molecule is COC(CC(=O)C1CC2COCC(C1)N2)OC. The molecule has 2 bridgehead atoms. The van der Waals surface area contributed by atoms with E-state index in [1.165, 1.54) is 0 Å². The van der Waals surface area contributed by atoms with Crippen LogP contribution >= 0.6 is 0 Å². The number of hydrogen-bond donors (Lipinski definition) is 1. The Morgan fingerprint density at radius 3 is 2.41 bits per heavy atom. The molecule has 0 aromatic rings. The maximum Gasteiger partial charge on any atom is 0.163 e. The molecule has 5 nitrogen and oxygen atoms in total. The number of methoxy groups -OCH3 is 2. The number of carbonyl (C=O) groups excluding carboxylic acids is 1. The molecule has 0 saturated carbocycles. The summed E-state index contributed by atoms with van der Waals surface area (Å²) in [6.07, 6.45) is 1.68. The summed E-state index contributed by atoms with van der Waals surface area (Å²) in [6, 6.07) is 0.667. The number of morpholine rings is 1. The van der Waals surface area contributed by atoms with Crippen molar-refractivity contribution in [2.75, 3.05) is 27.4 Å². The minimum Gasteiger partial charge on any atom is -0.378 e. The monoisotopic (exact) mass is 243 g/mol. The van der Waals surface area contributed by atoms with Gasteiger partial charge in [-0.1, -0.05) is 0 Å². The standard InChI is InChI=1S/C12H21NO4/c1-15-12(16-2)5-11(14)8-3-9-6-17-7-10(4-8)13-9/h8-10,12-13H,3-7H2,1-2H3. The van der Waals surface area contributed by atoms with Crippen LogP contribution in [0, 0.1) is 5.92 Å². The van der Waals surface area contributed by atoms with E-state index in [1.54, 1.807) is 14.2 Å². The molecule has 98 valence electrons. The summed E-state index contributed by atoms with van der Waals surface area (Å²) in [5.41, 5.74) is 0. The van der Waals surface area contributed by atoms with Gasteiger partial charge in [-0.3, -0.25) is 4.79 Å². The average molecular weight is 243 g/mol. The van der Waals surface area contributed by atoms with Crippen molar-refractivity contribution in [1.82, 2.24) is 5.32 Å². The molecule has 2 aliphatic heterocycles. The van der Waals surface area contributed by atoms with Crippen LogP contribution in [-0.4, -0.2) is 51.6 Å². The molecule has 2 fully saturated rings. The average Bonchev–Trinajstić information content (AvgIpc) is 2.35. The number of Topliss-reactive ketones (excluding diaryl/α,β-unsaturated/α-hetero) is 1. The number of fused-ring (bicyclic) bond motifs is 2. The fourth-order valence-electron chi connectivity index (χ4n) is 2.69. The van der Waals surface area contributed by atoms with Crippen LogP contribution in [0.1, 0.15) is 19.3 Å². The molecular formula is C12H21NO4. The van der Waals surface area contributed by atoms with Crippen LogP contribution in [0.5, 0.6) is 0 Å². The number of rotatable bonds is 5. The molecule has 0 aliphatic carbocycles. The molecule has 0 spiro atoms. The van der Waals surface area contributed by atoms with Crippen molar-refractivity contribution in [2.45, 2.75) is 37.6 Å². The maximum absolute atomic E-state index is 12.1. The first-order valence-electron chi connectivity index (χ1n) is 6.15. The lowest BCUT2D eigenvalue weighted by Gasteiger charge is -2.39. The van der Waals surface area contributed by atoms with Crippen LogP contribution in [-0.2, 0) is 19.0 Å². The Hall–Kier alpha value is -0.490. The van der Waals surface area contributed by atoms with Crippen LogP contribution in [0.2, 0.25) is 0 Å². The third-order valence-electron chi connectivity index (χ3n) is 3.60. The van der Waals surface area contributed by atoms with Gasteiger partial charge in [-0.25, -0.2) is 0 Å². The number of nitrogens with one attached hydrogen (secondary N) is 1. The van der Waals surface area contributed by atoms with Crippen LogP contribution < -0.4 is 5.32 Å². The number of carbonyl (C=O) groups is 1. The van der Waals surface area contributed by atoms with Gasteiger partial charge in [0, 0.05) is 32.2 Å². The molecule has 0 radical (unpaired) electrons. The van der Waals surface area contributed by atoms with Gasteiger partial charge in [0.1, 0.15) is 5.78 Å². The number of hydrogen-bond acceptors (Lipinski definition) is 5. The van der Waals surface area contributed by atoms with E-state index < -0.39 is 6.29 Å². The van der Waals surface area contributed by atoms with Gasteiger partial charge in [0.2, 0.25) is 0 Å². The van der Waals surface area contributed by atoms with E-state index in [9.17, 15) is 4.79 Å². The normalized spacial score (nSPS) is 32.8.